The molecule has 8 nitrogen and oxygen atoms in total. The van der Waals surface area contributed by atoms with Crippen LogP contribution in [0.2, 0.25) is 0 Å². The molecule has 0 radical (unpaired) electrons. The molecular formula is C19H26N2O6. The van der Waals surface area contributed by atoms with Gasteiger partial charge in [-0.25, -0.2) is 4.79 Å². The zero-order valence-electron chi connectivity index (χ0n) is 15.7. The fraction of sp³-hybridized carbons (Fsp3) is 0.526. The lowest BCUT2D eigenvalue weighted by Crippen LogP contribution is -2.60. The van der Waals surface area contributed by atoms with Crippen LogP contribution in [0.1, 0.15) is 25.3 Å². The third-order valence-electron chi connectivity index (χ3n) is 4.62. The number of piperazine rings is 1. The second-order valence-corrected chi connectivity index (χ2v) is 6.48. The Labute approximate surface area is 158 Å². The Morgan fingerprint density at radius 1 is 1.26 bits per heavy atom. The SMILES string of the molecule is COC[C@H](CCC(=O)O)N1CCN(C(=O)OCc2ccccc2)[C@@H](C)C1=O. The van der Waals surface area contributed by atoms with E-state index in [1.165, 1.54) is 12.0 Å². The lowest BCUT2D eigenvalue weighted by Gasteiger charge is -2.42. The molecular weight excluding hydrogens is 352 g/mol. The number of hydrogen-bond donors (Lipinski definition) is 1. The summed E-state index contributed by atoms with van der Waals surface area (Å²) >= 11 is 0. The van der Waals surface area contributed by atoms with E-state index >= 15 is 0 Å². The highest BCUT2D eigenvalue weighted by atomic mass is 16.6. The number of ether oxygens (including phenoxy) is 2. The molecule has 0 spiro atoms. The number of methoxy groups -OCH3 is 1. The minimum Gasteiger partial charge on any atom is -0.481 e. The molecule has 1 aromatic rings. The average molecular weight is 378 g/mol. The van der Waals surface area contributed by atoms with E-state index in [9.17, 15) is 14.4 Å². The van der Waals surface area contributed by atoms with E-state index < -0.39 is 18.1 Å². The second kappa shape index (κ2) is 9.91. The van der Waals surface area contributed by atoms with Crippen molar-refractivity contribution >= 4 is 18.0 Å². The van der Waals surface area contributed by atoms with Crippen molar-refractivity contribution < 1.29 is 29.0 Å². The number of nitrogens with zero attached hydrogens (tertiary/aromatic N) is 2. The molecule has 1 N–H and O–H groups in total. The Hall–Kier alpha value is -2.61. The number of carboxylic acids is 1. The van der Waals surface area contributed by atoms with Crippen LogP contribution in [-0.2, 0) is 25.7 Å². The molecule has 0 saturated carbocycles. The van der Waals surface area contributed by atoms with Gasteiger partial charge in [0.05, 0.1) is 12.6 Å². The largest absolute Gasteiger partial charge is 0.481 e. The summed E-state index contributed by atoms with van der Waals surface area (Å²) in [6, 6.07) is 8.32. The maximum Gasteiger partial charge on any atom is 0.410 e. The number of aliphatic carboxylic acids is 1. The van der Waals surface area contributed by atoms with Crippen molar-refractivity contribution in [3.8, 4) is 0 Å². The number of benzene rings is 1. The Morgan fingerprint density at radius 3 is 2.59 bits per heavy atom. The van der Waals surface area contributed by atoms with E-state index in [4.69, 9.17) is 14.6 Å². The molecule has 1 aromatic carbocycles. The summed E-state index contributed by atoms with van der Waals surface area (Å²) < 4.78 is 10.5. The van der Waals surface area contributed by atoms with Crippen LogP contribution in [0.15, 0.2) is 30.3 Å². The van der Waals surface area contributed by atoms with Crippen LogP contribution in [0.3, 0.4) is 0 Å². The van der Waals surface area contributed by atoms with Gasteiger partial charge in [0.1, 0.15) is 12.6 Å². The highest BCUT2D eigenvalue weighted by molar-refractivity contribution is 5.86. The first kappa shape index (κ1) is 20.7. The topological polar surface area (TPSA) is 96.4 Å². The third kappa shape index (κ3) is 5.68. The molecule has 8 heteroatoms. The molecule has 1 heterocycles. The summed E-state index contributed by atoms with van der Waals surface area (Å²) in [4.78, 5) is 39.0. The smallest absolute Gasteiger partial charge is 0.410 e. The Kier molecular flexibility index (Phi) is 7.60. The maximum absolute atomic E-state index is 12.7. The van der Waals surface area contributed by atoms with Crippen molar-refractivity contribution in [2.45, 2.75) is 38.5 Å². The predicted molar refractivity (Wildman–Crippen MR) is 97.0 cm³/mol. The van der Waals surface area contributed by atoms with Crippen LogP contribution in [0, 0.1) is 0 Å². The summed E-state index contributed by atoms with van der Waals surface area (Å²) in [5, 5.41) is 8.90. The molecule has 2 amide bonds. The Balaban J connectivity index is 1.95. The van der Waals surface area contributed by atoms with Crippen LogP contribution in [-0.4, -0.2) is 71.8 Å². The molecule has 1 saturated heterocycles. The van der Waals surface area contributed by atoms with E-state index in [1.807, 2.05) is 30.3 Å². The summed E-state index contributed by atoms with van der Waals surface area (Å²) in [5.74, 6) is -1.15. The number of amides is 2. The predicted octanol–water partition coefficient (Wildman–Crippen LogP) is 1.74. The number of carbonyl (C=O) groups is 3. The number of rotatable bonds is 8. The highest BCUT2D eigenvalue weighted by Gasteiger charge is 2.38. The molecule has 148 valence electrons. The molecule has 2 rings (SSSR count). The van der Waals surface area contributed by atoms with Gasteiger partial charge < -0.3 is 19.5 Å². The zero-order chi connectivity index (χ0) is 19.8. The summed E-state index contributed by atoms with van der Waals surface area (Å²) in [7, 11) is 1.51. The van der Waals surface area contributed by atoms with Crippen molar-refractivity contribution in [1.82, 2.24) is 9.80 Å². The summed E-state index contributed by atoms with van der Waals surface area (Å²) in [6.45, 7) is 2.69. The summed E-state index contributed by atoms with van der Waals surface area (Å²) in [5.41, 5.74) is 0.872. The molecule has 0 aliphatic carbocycles. The van der Waals surface area contributed by atoms with Crippen LogP contribution < -0.4 is 0 Å². The van der Waals surface area contributed by atoms with Crippen LogP contribution in [0.25, 0.3) is 0 Å². The molecule has 0 aromatic heterocycles. The van der Waals surface area contributed by atoms with E-state index in [0.29, 0.717) is 19.5 Å². The number of carboxylic acid groups (broad SMARTS) is 1. The maximum atomic E-state index is 12.7. The van der Waals surface area contributed by atoms with Gasteiger partial charge in [-0.1, -0.05) is 30.3 Å². The van der Waals surface area contributed by atoms with Crippen molar-refractivity contribution in [1.29, 1.82) is 0 Å². The normalized spacial score (nSPS) is 18.3. The van der Waals surface area contributed by atoms with E-state index in [2.05, 4.69) is 0 Å². The van der Waals surface area contributed by atoms with E-state index in [-0.39, 0.29) is 31.6 Å². The molecule has 1 aliphatic heterocycles. The van der Waals surface area contributed by atoms with Crippen LogP contribution >= 0.6 is 0 Å². The van der Waals surface area contributed by atoms with Gasteiger partial charge in [-0.15, -0.1) is 0 Å². The minimum atomic E-state index is -0.917. The first-order valence-electron chi connectivity index (χ1n) is 8.92. The van der Waals surface area contributed by atoms with E-state index in [0.717, 1.165) is 5.56 Å². The molecule has 1 aliphatic rings. The Bertz CT molecular complexity index is 651. The monoisotopic (exact) mass is 378 g/mol. The van der Waals surface area contributed by atoms with Crippen molar-refractivity contribution in [2.24, 2.45) is 0 Å². The first-order chi connectivity index (χ1) is 12.9. The quantitative estimate of drug-likeness (QED) is 0.740. The van der Waals surface area contributed by atoms with Crippen molar-refractivity contribution in [3.05, 3.63) is 35.9 Å². The fourth-order valence-corrected chi connectivity index (χ4v) is 3.12. The average Bonchev–Trinajstić information content (AvgIpc) is 2.66. The second-order valence-electron chi connectivity index (χ2n) is 6.48. The molecule has 0 bridgehead atoms. The highest BCUT2D eigenvalue weighted by Crippen LogP contribution is 2.18. The minimum absolute atomic E-state index is 0.0466. The van der Waals surface area contributed by atoms with Gasteiger partial charge >= 0.3 is 12.1 Å². The molecule has 27 heavy (non-hydrogen) atoms. The Morgan fingerprint density at radius 2 is 1.96 bits per heavy atom. The van der Waals surface area contributed by atoms with Gasteiger partial charge in [0.25, 0.3) is 0 Å². The lowest BCUT2D eigenvalue weighted by atomic mass is 10.1. The summed E-state index contributed by atoms with van der Waals surface area (Å²) in [6.07, 6.45) is -0.275. The molecule has 0 unspecified atom stereocenters. The van der Waals surface area contributed by atoms with Gasteiger partial charge in [0.2, 0.25) is 5.91 Å². The fourth-order valence-electron chi connectivity index (χ4n) is 3.12. The number of hydrogen-bond acceptors (Lipinski definition) is 5. The standard InChI is InChI=1S/C19H26N2O6/c1-14-18(24)21(16(13-26-2)8-9-17(22)23)11-10-20(14)19(25)27-12-15-6-4-3-5-7-15/h3-7,14,16H,8-13H2,1-2H3,(H,22,23)/t14-,16-/m0/s1. The van der Waals surface area contributed by atoms with Crippen molar-refractivity contribution in [2.75, 3.05) is 26.8 Å². The van der Waals surface area contributed by atoms with Gasteiger partial charge in [-0.05, 0) is 18.9 Å². The lowest BCUT2D eigenvalue weighted by molar-refractivity contribution is -0.146. The van der Waals surface area contributed by atoms with Gasteiger partial charge in [0.15, 0.2) is 0 Å². The van der Waals surface area contributed by atoms with Gasteiger partial charge in [-0.2, -0.15) is 0 Å². The first-order valence-corrected chi connectivity index (χ1v) is 8.92. The van der Waals surface area contributed by atoms with Crippen LogP contribution in [0.4, 0.5) is 4.79 Å². The molecule has 2 atom stereocenters. The third-order valence-corrected chi connectivity index (χ3v) is 4.62. The number of carbonyl (C=O) groups excluding carboxylic acids is 2. The molecule has 1 fully saturated rings. The van der Waals surface area contributed by atoms with Gasteiger partial charge in [0, 0.05) is 26.6 Å². The van der Waals surface area contributed by atoms with E-state index in [1.54, 1.807) is 11.8 Å². The van der Waals surface area contributed by atoms with Crippen molar-refractivity contribution in [3.63, 3.8) is 0 Å². The van der Waals surface area contributed by atoms with Crippen LogP contribution in [0.5, 0.6) is 0 Å². The zero-order valence-corrected chi connectivity index (χ0v) is 15.7. The van der Waals surface area contributed by atoms with Gasteiger partial charge in [-0.3, -0.25) is 14.5 Å².